The van der Waals surface area contributed by atoms with E-state index in [4.69, 9.17) is 0 Å². The molecular weight excluding hydrogens is 332 g/mol. The first-order valence-corrected chi connectivity index (χ1v) is 10.3. The highest BCUT2D eigenvalue weighted by Gasteiger charge is 2.23. The van der Waals surface area contributed by atoms with Gasteiger partial charge in [0.05, 0.1) is 6.54 Å². The number of hydrogen-bond acceptors (Lipinski definition) is 4. The summed E-state index contributed by atoms with van der Waals surface area (Å²) in [6.45, 7) is 14.0. The van der Waals surface area contributed by atoms with E-state index in [-0.39, 0.29) is 0 Å². The first kappa shape index (κ1) is 20.2. The number of likely N-dealkylation sites (tertiary alicyclic amines) is 1. The Morgan fingerprint density at radius 3 is 2.68 bits per heavy atom. The average Bonchev–Trinajstić information content (AvgIpc) is 3.07. The second-order valence-corrected chi connectivity index (χ2v) is 8.39. The standard InChI is InChI=1S/C19H34N4OS/c1-5-20-18(22-14-19(4,24)17-6-9-25-13-17)21-7-8-23-11-15(2)10-16(3)12-23/h6,9,13,15-16,24H,5,7-8,10-12,14H2,1-4H3,(H2,20,21,22). The smallest absolute Gasteiger partial charge is 0.191 e. The predicted molar refractivity (Wildman–Crippen MR) is 107 cm³/mol. The van der Waals surface area contributed by atoms with E-state index < -0.39 is 5.60 Å². The molecular formula is C19H34N4OS. The molecule has 0 bridgehead atoms. The third-order valence-electron chi connectivity index (χ3n) is 4.70. The van der Waals surface area contributed by atoms with Gasteiger partial charge in [0.1, 0.15) is 5.60 Å². The van der Waals surface area contributed by atoms with E-state index in [9.17, 15) is 5.11 Å². The molecule has 1 aromatic heterocycles. The summed E-state index contributed by atoms with van der Waals surface area (Å²) in [5, 5.41) is 21.3. The molecule has 0 spiro atoms. The minimum absolute atomic E-state index is 0.344. The molecule has 0 aromatic carbocycles. The lowest BCUT2D eigenvalue weighted by Crippen LogP contribution is -2.45. The molecule has 2 rings (SSSR count). The summed E-state index contributed by atoms with van der Waals surface area (Å²) < 4.78 is 0. The molecule has 1 saturated heterocycles. The van der Waals surface area contributed by atoms with Crippen LogP contribution in [-0.2, 0) is 5.60 Å². The molecule has 142 valence electrons. The summed E-state index contributed by atoms with van der Waals surface area (Å²) in [5.41, 5.74) is -0.00604. The van der Waals surface area contributed by atoms with Gasteiger partial charge in [-0.05, 0) is 54.5 Å². The van der Waals surface area contributed by atoms with Crippen molar-refractivity contribution in [3.63, 3.8) is 0 Å². The van der Waals surface area contributed by atoms with Gasteiger partial charge in [-0.15, -0.1) is 0 Å². The number of nitrogens with one attached hydrogen (secondary N) is 2. The van der Waals surface area contributed by atoms with E-state index in [2.05, 4.69) is 41.3 Å². The predicted octanol–water partition coefficient (Wildman–Crippen LogP) is 2.49. The van der Waals surface area contributed by atoms with Crippen LogP contribution in [0.3, 0.4) is 0 Å². The Balaban J connectivity index is 1.83. The Labute approximate surface area is 156 Å². The lowest BCUT2D eigenvalue weighted by atomic mass is 9.92. The number of hydrogen-bond donors (Lipinski definition) is 3. The third kappa shape index (κ3) is 6.60. The largest absolute Gasteiger partial charge is 0.383 e. The number of rotatable bonds is 7. The highest BCUT2D eigenvalue weighted by Crippen LogP contribution is 2.23. The minimum atomic E-state index is -0.930. The molecule has 1 fully saturated rings. The second kappa shape index (κ2) is 9.55. The van der Waals surface area contributed by atoms with E-state index >= 15 is 0 Å². The number of piperidine rings is 1. The van der Waals surface area contributed by atoms with Crippen LogP contribution >= 0.6 is 11.3 Å². The Morgan fingerprint density at radius 1 is 1.36 bits per heavy atom. The van der Waals surface area contributed by atoms with Gasteiger partial charge in [0, 0.05) is 32.7 Å². The molecule has 1 aliphatic rings. The molecule has 3 atom stereocenters. The molecule has 25 heavy (non-hydrogen) atoms. The number of guanidine groups is 1. The number of aliphatic imine (C=N–C) groups is 1. The number of nitrogens with zero attached hydrogens (tertiary/aromatic N) is 2. The highest BCUT2D eigenvalue weighted by molar-refractivity contribution is 7.08. The fourth-order valence-corrected chi connectivity index (χ4v) is 4.33. The summed E-state index contributed by atoms with van der Waals surface area (Å²) in [4.78, 5) is 7.12. The Kier molecular flexibility index (Phi) is 7.72. The van der Waals surface area contributed by atoms with Crippen molar-refractivity contribution in [1.82, 2.24) is 15.5 Å². The maximum atomic E-state index is 10.6. The van der Waals surface area contributed by atoms with Crippen molar-refractivity contribution in [2.45, 2.75) is 39.7 Å². The van der Waals surface area contributed by atoms with Crippen LogP contribution in [0.5, 0.6) is 0 Å². The summed E-state index contributed by atoms with van der Waals surface area (Å²) in [7, 11) is 0. The van der Waals surface area contributed by atoms with Gasteiger partial charge < -0.3 is 20.6 Å². The van der Waals surface area contributed by atoms with Crippen molar-refractivity contribution >= 4 is 17.3 Å². The van der Waals surface area contributed by atoms with E-state index in [0.717, 1.165) is 43.0 Å². The van der Waals surface area contributed by atoms with E-state index in [1.165, 1.54) is 19.5 Å². The highest BCUT2D eigenvalue weighted by atomic mass is 32.1. The maximum Gasteiger partial charge on any atom is 0.191 e. The summed E-state index contributed by atoms with van der Waals surface area (Å²) in [6.07, 6.45) is 1.34. The summed E-state index contributed by atoms with van der Waals surface area (Å²) in [6, 6.07) is 1.96. The Morgan fingerprint density at radius 2 is 2.08 bits per heavy atom. The van der Waals surface area contributed by atoms with Crippen LogP contribution in [0.4, 0.5) is 0 Å². The summed E-state index contributed by atoms with van der Waals surface area (Å²) >= 11 is 1.60. The van der Waals surface area contributed by atoms with Gasteiger partial charge in [-0.3, -0.25) is 0 Å². The quantitative estimate of drug-likeness (QED) is 0.513. The van der Waals surface area contributed by atoms with Crippen molar-refractivity contribution < 1.29 is 5.11 Å². The number of aliphatic hydroxyl groups is 1. The van der Waals surface area contributed by atoms with Crippen LogP contribution in [0.15, 0.2) is 21.8 Å². The maximum absolute atomic E-state index is 10.6. The zero-order valence-electron chi connectivity index (χ0n) is 16.1. The first-order chi connectivity index (χ1) is 11.9. The van der Waals surface area contributed by atoms with Crippen LogP contribution in [0.1, 0.15) is 39.7 Å². The molecule has 2 heterocycles. The molecule has 0 aliphatic carbocycles. The van der Waals surface area contributed by atoms with Crippen molar-refractivity contribution in [3.8, 4) is 0 Å². The van der Waals surface area contributed by atoms with Crippen LogP contribution in [0.25, 0.3) is 0 Å². The fourth-order valence-electron chi connectivity index (χ4n) is 3.54. The van der Waals surface area contributed by atoms with Gasteiger partial charge in [0.25, 0.3) is 0 Å². The first-order valence-electron chi connectivity index (χ1n) is 9.40. The average molecular weight is 367 g/mol. The Hall–Kier alpha value is -1.11. The monoisotopic (exact) mass is 366 g/mol. The molecule has 6 heteroatoms. The molecule has 3 N–H and O–H groups in total. The fraction of sp³-hybridized carbons (Fsp3) is 0.737. The van der Waals surface area contributed by atoms with Crippen molar-refractivity contribution in [2.24, 2.45) is 16.8 Å². The van der Waals surface area contributed by atoms with E-state index in [1.807, 2.05) is 23.8 Å². The summed E-state index contributed by atoms with van der Waals surface area (Å²) in [5.74, 6) is 2.34. The Bertz CT molecular complexity index is 520. The van der Waals surface area contributed by atoms with Crippen LogP contribution in [0, 0.1) is 11.8 Å². The van der Waals surface area contributed by atoms with E-state index in [1.54, 1.807) is 11.3 Å². The molecule has 1 aliphatic heterocycles. The van der Waals surface area contributed by atoms with Gasteiger partial charge in [-0.2, -0.15) is 11.3 Å². The van der Waals surface area contributed by atoms with Gasteiger partial charge in [-0.25, -0.2) is 4.99 Å². The topological polar surface area (TPSA) is 59.9 Å². The van der Waals surface area contributed by atoms with Gasteiger partial charge in [0.2, 0.25) is 0 Å². The van der Waals surface area contributed by atoms with Crippen molar-refractivity contribution in [3.05, 3.63) is 22.4 Å². The number of thiophene rings is 1. The normalized spacial score (nSPS) is 24.8. The van der Waals surface area contributed by atoms with Crippen molar-refractivity contribution in [2.75, 3.05) is 39.3 Å². The molecule has 1 aromatic rings. The minimum Gasteiger partial charge on any atom is -0.383 e. The third-order valence-corrected chi connectivity index (χ3v) is 5.38. The zero-order valence-corrected chi connectivity index (χ0v) is 16.9. The van der Waals surface area contributed by atoms with Gasteiger partial charge in [0.15, 0.2) is 5.96 Å². The molecule has 0 radical (unpaired) electrons. The molecule has 3 unspecified atom stereocenters. The lowest BCUT2D eigenvalue weighted by molar-refractivity contribution is 0.0677. The second-order valence-electron chi connectivity index (χ2n) is 7.61. The van der Waals surface area contributed by atoms with Crippen LogP contribution in [-0.4, -0.2) is 55.2 Å². The molecule has 5 nitrogen and oxygen atoms in total. The lowest BCUT2D eigenvalue weighted by Gasteiger charge is -2.35. The van der Waals surface area contributed by atoms with E-state index in [0.29, 0.717) is 6.54 Å². The van der Waals surface area contributed by atoms with Gasteiger partial charge >= 0.3 is 0 Å². The van der Waals surface area contributed by atoms with Crippen LogP contribution in [0.2, 0.25) is 0 Å². The van der Waals surface area contributed by atoms with Crippen LogP contribution < -0.4 is 10.6 Å². The van der Waals surface area contributed by atoms with Crippen molar-refractivity contribution in [1.29, 1.82) is 0 Å². The molecule has 0 amide bonds. The zero-order chi connectivity index (χ0) is 18.3. The SMILES string of the molecule is CCNC(=NCC(C)(O)c1ccsc1)NCCN1CC(C)CC(C)C1. The van der Waals surface area contributed by atoms with Gasteiger partial charge in [-0.1, -0.05) is 13.8 Å². The molecule has 0 saturated carbocycles.